The van der Waals surface area contributed by atoms with E-state index in [9.17, 15) is 14.9 Å². The molecule has 1 aromatic carbocycles. The molecule has 10 nitrogen and oxygen atoms in total. The summed E-state index contributed by atoms with van der Waals surface area (Å²) < 4.78 is 7.63. The number of nitriles is 1. The molecule has 46 heavy (non-hydrogen) atoms. The maximum Gasteiger partial charge on any atom is 0.268 e. The van der Waals surface area contributed by atoms with E-state index in [1.165, 1.54) is 11.3 Å². The monoisotopic (exact) mass is 641 g/mol. The van der Waals surface area contributed by atoms with Crippen molar-refractivity contribution in [3.63, 3.8) is 0 Å². The standard InChI is InChI=1S/C35H43N7O3S/c1-22-38-19-28(45-22)29-12-13-30(46-29)31(43)40-33-39-26-15-23(18-37-21-35(5,6)7)10-11-27(26)42(33)20-25-9-8-14-41(25)32(44)24(17-36)16-34(2,3)4/h10-13,15-16,19,25,37H,8-9,14,18,20-21H2,1-7H3,(H,39,40,43). The van der Waals surface area contributed by atoms with Gasteiger partial charge in [-0.2, -0.15) is 5.26 Å². The van der Waals surface area contributed by atoms with Gasteiger partial charge in [-0.1, -0.05) is 53.7 Å². The summed E-state index contributed by atoms with van der Waals surface area (Å²) in [7, 11) is 0. The fourth-order valence-corrected chi connectivity index (χ4v) is 6.46. The van der Waals surface area contributed by atoms with Crippen LogP contribution in [0, 0.1) is 29.1 Å². The van der Waals surface area contributed by atoms with Gasteiger partial charge in [0, 0.05) is 33.1 Å². The van der Waals surface area contributed by atoms with E-state index in [0.717, 1.165) is 40.9 Å². The minimum atomic E-state index is -0.304. The molecule has 0 bridgehead atoms. The van der Waals surface area contributed by atoms with Crippen LogP contribution in [0.3, 0.4) is 0 Å². The number of allylic oxidation sites excluding steroid dienone is 1. The molecule has 1 aliphatic rings. The topological polar surface area (TPSA) is 129 Å². The van der Waals surface area contributed by atoms with Crippen LogP contribution in [0.15, 0.2) is 52.6 Å². The van der Waals surface area contributed by atoms with Gasteiger partial charge in [-0.15, -0.1) is 11.3 Å². The van der Waals surface area contributed by atoms with E-state index in [2.05, 4.69) is 48.5 Å². The van der Waals surface area contributed by atoms with Crippen LogP contribution in [-0.2, 0) is 17.9 Å². The second kappa shape index (κ2) is 13.2. The second-order valence-corrected chi connectivity index (χ2v) is 15.3. The van der Waals surface area contributed by atoms with Gasteiger partial charge in [0.2, 0.25) is 5.95 Å². The third kappa shape index (κ3) is 7.92. The molecule has 2 N–H and O–H groups in total. The Kier molecular flexibility index (Phi) is 9.52. The lowest BCUT2D eigenvalue weighted by atomic mass is 9.93. The number of rotatable bonds is 9. The summed E-state index contributed by atoms with van der Waals surface area (Å²) in [4.78, 5) is 39.3. The van der Waals surface area contributed by atoms with Crippen molar-refractivity contribution in [2.45, 2.75) is 80.4 Å². The summed E-state index contributed by atoms with van der Waals surface area (Å²) in [6.45, 7) is 16.9. The van der Waals surface area contributed by atoms with E-state index in [1.807, 2.05) is 43.5 Å². The number of hydrogen-bond acceptors (Lipinski definition) is 8. The summed E-state index contributed by atoms with van der Waals surface area (Å²) in [5.74, 6) is 1.05. The van der Waals surface area contributed by atoms with Crippen LogP contribution in [0.1, 0.15) is 75.5 Å². The lowest BCUT2D eigenvalue weighted by Crippen LogP contribution is -2.39. The number of aryl methyl sites for hydroxylation is 1. The largest absolute Gasteiger partial charge is 0.440 e. The predicted molar refractivity (Wildman–Crippen MR) is 181 cm³/mol. The number of imidazole rings is 1. The molecule has 4 aromatic rings. The van der Waals surface area contributed by atoms with Crippen LogP contribution >= 0.6 is 11.3 Å². The number of carbonyl (C=O) groups is 2. The first kappa shape index (κ1) is 33.1. The summed E-state index contributed by atoms with van der Waals surface area (Å²) in [6, 6.07) is 11.7. The van der Waals surface area contributed by atoms with Gasteiger partial charge in [-0.05, 0) is 53.5 Å². The van der Waals surface area contributed by atoms with Crippen molar-refractivity contribution in [2.75, 3.05) is 18.4 Å². The summed E-state index contributed by atoms with van der Waals surface area (Å²) in [5, 5.41) is 16.4. The molecule has 11 heteroatoms. The van der Waals surface area contributed by atoms with Crippen LogP contribution < -0.4 is 10.6 Å². The van der Waals surface area contributed by atoms with E-state index in [0.29, 0.717) is 42.1 Å². The highest BCUT2D eigenvalue weighted by Crippen LogP contribution is 2.31. The summed E-state index contributed by atoms with van der Waals surface area (Å²) >= 11 is 1.32. The second-order valence-electron chi connectivity index (χ2n) is 14.2. The highest BCUT2D eigenvalue weighted by molar-refractivity contribution is 7.17. The molecule has 1 aliphatic heterocycles. The Morgan fingerprint density at radius 2 is 1.96 bits per heavy atom. The number of fused-ring (bicyclic) bond motifs is 1. The Labute approximate surface area is 274 Å². The van der Waals surface area contributed by atoms with E-state index < -0.39 is 0 Å². The number of oxazole rings is 1. The molecule has 0 saturated carbocycles. The summed E-state index contributed by atoms with van der Waals surface area (Å²) in [6.07, 6.45) is 5.02. The molecule has 1 atom stereocenters. The maximum absolute atomic E-state index is 13.6. The molecule has 0 radical (unpaired) electrons. The Bertz CT molecular complexity index is 1810. The number of thiophene rings is 1. The Morgan fingerprint density at radius 3 is 2.63 bits per heavy atom. The quantitative estimate of drug-likeness (QED) is 0.150. The number of anilines is 1. The number of nitrogens with zero attached hydrogens (tertiary/aromatic N) is 5. The Morgan fingerprint density at radius 1 is 1.17 bits per heavy atom. The normalized spacial score (nSPS) is 15.8. The SMILES string of the molecule is Cc1ncc(-c2ccc(C(=O)Nc3nc4cc(CNCC(C)(C)C)ccc4n3CC3CCCN3C(=O)C(C#N)=CC(C)(C)C)s2)o1. The third-order valence-electron chi connectivity index (χ3n) is 7.68. The van der Waals surface area contributed by atoms with Crippen molar-refractivity contribution in [1.82, 2.24) is 24.8 Å². The van der Waals surface area contributed by atoms with Gasteiger partial charge in [-0.3, -0.25) is 14.9 Å². The zero-order chi connectivity index (χ0) is 33.2. The molecule has 3 aromatic heterocycles. The number of nitrogens with one attached hydrogen (secondary N) is 2. The van der Waals surface area contributed by atoms with Crippen LogP contribution in [-0.4, -0.2) is 50.4 Å². The lowest BCUT2D eigenvalue weighted by molar-refractivity contribution is -0.127. The molecule has 0 spiro atoms. The molecule has 242 valence electrons. The number of carbonyl (C=O) groups excluding carboxylic acids is 2. The number of amides is 2. The molecule has 0 aliphatic carbocycles. The first-order valence-corrected chi connectivity index (χ1v) is 16.5. The minimum absolute atomic E-state index is 0.159. The van der Waals surface area contributed by atoms with Crippen molar-refractivity contribution in [3.8, 4) is 16.7 Å². The molecule has 2 amide bonds. The van der Waals surface area contributed by atoms with Gasteiger partial charge in [0.05, 0.1) is 33.0 Å². The fraction of sp³-hybridized carbons (Fsp3) is 0.457. The van der Waals surface area contributed by atoms with Crippen molar-refractivity contribution in [1.29, 1.82) is 5.26 Å². The fourth-order valence-electron chi connectivity index (χ4n) is 5.61. The molecule has 5 rings (SSSR count). The first-order chi connectivity index (χ1) is 21.7. The van der Waals surface area contributed by atoms with Crippen LogP contribution in [0.2, 0.25) is 0 Å². The molecular formula is C35H43N7O3S. The molecular weight excluding hydrogens is 598 g/mol. The average molecular weight is 642 g/mol. The van der Waals surface area contributed by atoms with Gasteiger partial charge < -0.3 is 19.2 Å². The molecule has 1 unspecified atom stereocenters. The molecule has 1 saturated heterocycles. The Balaban J connectivity index is 1.45. The zero-order valence-electron chi connectivity index (χ0n) is 27.7. The van der Waals surface area contributed by atoms with Crippen LogP contribution in [0.25, 0.3) is 21.7 Å². The smallest absolute Gasteiger partial charge is 0.268 e. The highest BCUT2D eigenvalue weighted by atomic mass is 32.1. The number of aromatic nitrogens is 3. The third-order valence-corrected chi connectivity index (χ3v) is 8.77. The van der Waals surface area contributed by atoms with Gasteiger partial charge in [-0.25, -0.2) is 9.97 Å². The first-order valence-electron chi connectivity index (χ1n) is 15.7. The number of likely N-dealkylation sites (tertiary alicyclic amines) is 1. The van der Waals surface area contributed by atoms with Crippen molar-refractivity contribution in [3.05, 3.63) is 64.5 Å². The zero-order valence-corrected chi connectivity index (χ0v) is 28.5. The predicted octanol–water partition coefficient (Wildman–Crippen LogP) is 6.94. The van der Waals surface area contributed by atoms with E-state index >= 15 is 0 Å². The van der Waals surface area contributed by atoms with Gasteiger partial charge in [0.25, 0.3) is 11.8 Å². The van der Waals surface area contributed by atoms with E-state index in [4.69, 9.17) is 9.40 Å². The van der Waals surface area contributed by atoms with Gasteiger partial charge in [0.15, 0.2) is 11.7 Å². The maximum atomic E-state index is 13.6. The minimum Gasteiger partial charge on any atom is -0.440 e. The van der Waals surface area contributed by atoms with Gasteiger partial charge >= 0.3 is 0 Å². The average Bonchev–Trinajstić information content (AvgIpc) is 3.78. The Hall–Kier alpha value is -4.27. The van der Waals surface area contributed by atoms with Crippen LogP contribution in [0.5, 0.6) is 0 Å². The lowest BCUT2D eigenvalue weighted by Gasteiger charge is -2.26. The van der Waals surface area contributed by atoms with E-state index in [-0.39, 0.29) is 34.3 Å². The van der Waals surface area contributed by atoms with E-state index in [1.54, 1.807) is 30.2 Å². The highest BCUT2D eigenvalue weighted by Gasteiger charge is 2.33. The van der Waals surface area contributed by atoms with Crippen molar-refractivity contribution >= 4 is 40.1 Å². The van der Waals surface area contributed by atoms with Gasteiger partial charge in [0.1, 0.15) is 11.6 Å². The van der Waals surface area contributed by atoms with Crippen molar-refractivity contribution in [2.24, 2.45) is 10.8 Å². The van der Waals surface area contributed by atoms with Crippen molar-refractivity contribution < 1.29 is 14.0 Å². The molecule has 1 fully saturated rings. The number of hydrogen-bond donors (Lipinski definition) is 2. The van der Waals surface area contributed by atoms with Crippen LogP contribution in [0.4, 0.5) is 5.95 Å². The molecule has 4 heterocycles. The number of benzene rings is 1. The summed E-state index contributed by atoms with van der Waals surface area (Å²) in [5.41, 5.74) is 2.73.